The third-order valence-corrected chi connectivity index (χ3v) is 3.88. The van der Waals surface area contributed by atoms with Crippen molar-refractivity contribution in [1.82, 2.24) is 4.98 Å². The van der Waals surface area contributed by atoms with E-state index in [2.05, 4.69) is 17.2 Å². The molecule has 1 N–H and O–H groups in total. The van der Waals surface area contributed by atoms with Crippen molar-refractivity contribution in [2.24, 2.45) is 0 Å². The number of carbonyl (C=O) groups is 1. The van der Waals surface area contributed by atoms with Crippen molar-refractivity contribution in [2.45, 2.75) is 33.1 Å². The van der Waals surface area contributed by atoms with Crippen molar-refractivity contribution in [3.8, 4) is 5.75 Å². The van der Waals surface area contributed by atoms with Gasteiger partial charge in [-0.3, -0.25) is 4.79 Å². The van der Waals surface area contributed by atoms with E-state index in [1.54, 1.807) is 6.07 Å². The maximum Gasteiger partial charge on any atom is 0.262 e. The Morgan fingerprint density at radius 3 is 2.64 bits per heavy atom. The molecule has 25 heavy (non-hydrogen) atoms. The summed E-state index contributed by atoms with van der Waals surface area (Å²) in [4.78, 5) is 16.5. The lowest BCUT2D eigenvalue weighted by molar-refractivity contribution is -0.118. The second-order valence-corrected chi connectivity index (χ2v) is 6.22. The third kappa shape index (κ3) is 4.18. The first-order valence-corrected chi connectivity index (χ1v) is 8.47. The minimum absolute atomic E-state index is 0.0445. The number of aromatic nitrogens is 1. The number of ether oxygens (including phenoxy) is 1. The van der Waals surface area contributed by atoms with Crippen molar-refractivity contribution in [3.63, 3.8) is 0 Å². The van der Waals surface area contributed by atoms with E-state index in [-0.39, 0.29) is 18.4 Å². The molecule has 0 spiro atoms. The van der Waals surface area contributed by atoms with E-state index in [1.165, 1.54) is 5.56 Å². The fourth-order valence-corrected chi connectivity index (χ4v) is 2.43. The second-order valence-electron chi connectivity index (χ2n) is 6.22. The Hall–Kier alpha value is -2.82. The first-order valence-electron chi connectivity index (χ1n) is 8.47. The van der Waals surface area contributed by atoms with E-state index in [4.69, 9.17) is 9.15 Å². The number of amides is 1. The number of nitrogens with one attached hydrogen (secondary N) is 1. The summed E-state index contributed by atoms with van der Waals surface area (Å²) in [5.41, 5.74) is 3.35. The summed E-state index contributed by atoms with van der Waals surface area (Å²) in [5, 5.41) is 2.81. The monoisotopic (exact) mass is 338 g/mol. The molecule has 2 aromatic carbocycles. The van der Waals surface area contributed by atoms with Crippen molar-refractivity contribution < 1.29 is 13.9 Å². The van der Waals surface area contributed by atoms with E-state index in [0.29, 0.717) is 22.9 Å². The summed E-state index contributed by atoms with van der Waals surface area (Å²) in [5.74, 6) is 1.37. The number of aryl methyl sites for hydroxylation is 1. The molecule has 130 valence electrons. The Morgan fingerprint density at radius 1 is 1.20 bits per heavy atom. The molecule has 0 atom stereocenters. The number of benzene rings is 2. The second kappa shape index (κ2) is 7.38. The van der Waals surface area contributed by atoms with E-state index >= 15 is 0 Å². The molecule has 0 saturated carbocycles. The van der Waals surface area contributed by atoms with Gasteiger partial charge in [0.15, 0.2) is 18.1 Å². The van der Waals surface area contributed by atoms with Gasteiger partial charge in [0, 0.05) is 17.7 Å². The number of anilines is 1. The van der Waals surface area contributed by atoms with Gasteiger partial charge >= 0.3 is 0 Å². The maximum atomic E-state index is 12.1. The molecule has 0 radical (unpaired) electrons. The highest BCUT2D eigenvalue weighted by Crippen LogP contribution is 2.23. The lowest BCUT2D eigenvalue weighted by Crippen LogP contribution is -2.20. The van der Waals surface area contributed by atoms with Crippen molar-refractivity contribution in [3.05, 3.63) is 53.9 Å². The Bertz CT molecular complexity index is 866. The Kier molecular flexibility index (Phi) is 5.03. The zero-order valence-corrected chi connectivity index (χ0v) is 14.7. The summed E-state index contributed by atoms with van der Waals surface area (Å²) in [6, 6.07) is 13.2. The van der Waals surface area contributed by atoms with Crippen molar-refractivity contribution >= 4 is 22.7 Å². The molecule has 5 nitrogen and oxygen atoms in total. The van der Waals surface area contributed by atoms with Crippen LogP contribution < -0.4 is 10.1 Å². The quantitative estimate of drug-likeness (QED) is 0.717. The summed E-state index contributed by atoms with van der Waals surface area (Å²) in [6.45, 7) is 6.10. The molecule has 0 aliphatic carbocycles. The topological polar surface area (TPSA) is 64.4 Å². The number of nitrogens with zero attached hydrogens (tertiary/aromatic N) is 1. The van der Waals surface area contributed by atoms with Crippen LogP contribution in [0.3, 0.4) is 0 Å². The van der Waals surface area contributed by atoms with Crippen LogP contribution in [0.1, 0.15) is 38.1 Å². The van der Waals surface area contributed by atoms with Crippen LogP contribution in [0.5, 0.6) is 5.75 Å². The van der Waals surface area contributed by atoms with E-state index < -0.39 is 0 Å². The molecular formula is C20H22N2O3. The smallest absolute Gasteiger partial charge is 0.262 e. The highest BCUT2D eigenvalue weighted by atomic mass is 16.5. The van der Waals surface area contributed by atoms with Crippen LogP contribution in [0.4, 0.5) is 5.69 Å². The van der Waals surface area contributed by atoms with E-state index in [0.717, 1.165) is 11.9 Å². The van der Waals surface area contributed by atoms with E-state index in [9.17, 15) is 4.79 Å². The predicted molar refractivity (Wildman–Crippen MR) is 98.0 cm³/mol. The zero-order valence-electron chi connectivity index (χ0n) is 14.7. The largest absolute Gasteiger partial charge is 0.484 e. The van der Waals surface area contributed by atoms with Gasteiger partial charge in [0.1, 0.15) is 11.3 Å². The number of rotatable bonds is 6. The summed E-state index contributed by atoms with van der Waals surface area (Å²) in [7, 11) is 0. The number of oxazole rings is 1. The van der Waals surface area contributed by atoms with Gasteiger partial charge in [-0.05, 0) is 36.2 Å². The fourth-order valence-electron chi connectivity index (χ4n) is 2.43. The standard InChI is InChI=1S/C20H22N2O3/c1-4-14-5-8-16(9-6-14)24-12-19(23)21-15-7-10-17-18(11-15)25-20(22-17)13(2)3/h5-11,13H,4,12H2,1-3H3,(H,21,23). The average Bonchev–Trinajstić information content (AvgIpc) is 3.04. The molecule has 1 aromatic heterocycles. The summed E-state index contributed by atoms with van der Waals surface area (Å²) in [6.07, 6.45) is 0.976. The van der Waals surface area contributed by atoms with Gasteiger partial charge in [-0.2, -0.15) is 0 Å². The van der Waals surface area contributed by atoms with Crippen molar-refractivity contribution in [1.29, 1.82) is 0 Å². The van der Waals surface area contributed by atoms with Gasteiger partial charge in [-0.15, -0.1) is 0 Å². The summed E-state index contributed by atoms with van der Waals surface area (Å²) >= 11 is 0. The van der Waals surface area contributed by atoms with Crippen LogP contribution >= 0.6 is 0 Å². The van der Waals surface area contributed by atoms with Crippen LogP contribution in [0.15, 0.2) is 46.9 Å². The SMILES string of the molecule is CCc1ccc(OCC(=O)Nc2ccc3nc(C(C)C)oc3c2)cc1. The summed E-state index contributed by atoms with van der Waals surface area (Å²) < 4.78 is 11.2. The predicted octanol–water partition coefficient (Wildman–Crippen LogP) is 4.53. The van der Waals surface area contributed by atoms with Crippen LogP contribution in [0.2, 0.25) is 0 Å². The highest BCUT2D eigenvalue weighted by molar-refractivity contribution is 5.93. The van der Waals surface area contributed by atoms with Gasteiger partial charge in [0.05, 0.1) is 0 Å². The lowest BCUT2D eigenvalue weighted by Gasteiger charge is -2.08. The molecular weight excluding hydrogens is 316 g/mol. The molecule has 0 unspecified atom stereocenters. The molecule has 5 heteroatoms. The number of hydrogen-bond donors (Lipinski definition) is 1. The molecule has 3 rings (SSSR count). The molecule has 0 aliphatic heterocycles. The maximum absolute atomic E-state index is 12.1. The number of hydrogen-bond acceptors (Lipinski definition) is 4. The van der Waals surface area contributed by atoms with Gasteiger partial charge in [-0.1, -0.05) is 32.9 Å². The van der Waals surface area contributed by atoms with Gasteiger partial charge in [-0.25, -0.2) is 4.98 Å². The third-order valence-electron chi connectivity index (χ3n) is 3.88. The van der Waals surface area contributed by atoms with Crippen molar-refractivity contribution in [2.75, 3.05) is 11.9 Å². The fraction of sp³-hybridized carbons (Fsp3) is 0.300. The van der Waals surface area contributed by atoms with Crippen LogP contribution in [-0.4, -0.2) is 17.5 Å². The molecule has 3 aromatic rings. The molecule has 1 amide bonds. The van der Waals surface area contributed by atoms with Gasteiger partial charge in [0.25, 0.3) is 5.91 Å². The van der Waals surface area contributed by atoms with Crippen LogP contribution in [-0.2, 0) is 11.2 Å². The Morgan fingerprint density at radius 2 is 1.96 bits per heavy atom. The normalized spacial score (nSPS) is 11.0. The van der Waals surface area contributed by atoms with Crippen LogP contribution in [0.25, 0.3) is 11.1 Å². The Balaban J connectivity index is 1.60. The first-order chi connectivity index (χ1) is 12.0. The van der Waals surface area contributed by atoms with Crippen LogP contribution in [0, 0.1) is 0 Å². The number of fused-ring (bicyclic) bond motifs is 1. The molecule has 0 saturated heterocycles. The number of carbonyl (C=O) groups excluding carboxylic acids is 1. The molecule has 1 heterocycles. The van der Waals surface area contributed by atoms with Gasteiger partial charge in [0.2, 0.25) is 0 Å². The Labute approximate surface area is 147 Å². The molecule has 0 bridgehead atoms. The highest BCUT2D eigenvalue weighted by Gasteiger charge is 2.11. The molecule has 0 aliphatic rings. The lowest BCUT2D eigenvalue weighted by atomic mass is 10.2. The molecule has 0 fully saturated rings. The minimum Gasteiger partial charge on any atom is -0.484 e. The van der Waals surface area contributed by atoms with E-state index in [1.807, 2.05) is 50.2 Å². The first kappa shape index (κ1) is 17.0. The van der Waals surface area contributed by atoms with Gasteiger partial charge < -0.3 is 14.5 Å². The minimum atomic E-state index is -0.220. The zero-order chi connectivity index (χ0) is 17.8. The average molecular weight is 338 g/mol.